The van der Waals surface area contributed by atoms with E-state index in [1.807, 2.05) is 46.8 Å². The number of aryl methyl sites for hydroxylation is 4. The van der Waals surface area contributed by atoms with E-state index in [2.05, 4.69) is 43.2 Å². The van der Waals surface area contributed by atoms with Crippen molar-refractivity contribution in [3.05, 3.63) is 69.9 Å². The van der Waals surface area contributed by atoms with Crippen LogP contribution in [-0.4, -0.2) is 30.3 Å². The number of hydrogen-bond acceptors (Lipinski definition) is 6. The molecule has 0 unspecified atom stereocenters. The summed E-state index contributed by atoms with van der Waals surface area (Å²) in [5, 5.41) is 11.8. The summed E-state index contributed by atoms with van der Waals surface area (Å²) >= 11 is 1.12. The van der Waals surface area contributed by atoms with Crippen LogP contribution in [0.5, 0.6) is 0 Å². The number of nitrogens with zero attached hydrogens (tertiary/aromatic N) is 5. The molecule has 0 saturated heterocycles. The molecule has 7 nitrogen and oxygen atoms in total. The van der Waals surface area contributed by atoms with Crippen molar-refractivity contribution in [1.29, 1.82) is 0 Å². The highest BCUT2D eigenvalue weighted by molar-refractivity contribution is 7.10. The highest BCUT2D eigenvalue weighted by Crippen LogP contribution is 2.25. The monoisotopic (exact) mass is 418 g/mol. The summed E-state index contributed by atoms with van der Waals surface area (Å²) in [4.78, 5) is 17.0. The smallest absolute Gasteiger partial charge is 0.257 e. The molecule has 2 aromatic heterocycles. The third-order valence-electron chi connectivity index (χ3n) is 5.11. The van der Waals surface area contributed by atoms with Gasteiger partial charge in [0.15, 0.2) is 11.5 Å². The molecule has 0 spiro atoms. The quantitative estimate of drug-likeness (QED) is 0.524. The average molecular weight is 419 g/mol. The third kappa shape index (κ3) is 3.73. The number of nitrogens with one attached hydrogen (secondary N) is 1. The van der Waals surface area contributed by atoms with E-state index in [1.165, 1.54) is 0 Å². The minimum atomic E-state index is -0.212. The summed E-state index contributed by atoms with van der Waals surface area (Å²) in [6.45, 7) is 10.0. The van der Waals surface area contributed by atoms with Crippen LogP contribution in [0.15, 0.2) is 36.4 Å². The first-order chi connectivity index (χ1) is 14.3. The second-order valence-electron chi connectivity index (χ2n) is 7.40. The molecule has 0 bridgehead atoms. The fourth-order valence-electron chi connectivity index (χ4n) is 3.13. The van der Waals surface area contributed by atoms with Gasteiger partial charge in [-0.05, 0) is 75.1 Å². The lowest BCUT2D eigenvalue weighted by Crippen LogP contribution is -2.12. The molecule has 0 aliphatic rings. The number of anilines is 1. The Morgan fingerprint density at radius 1 is 0.967 bits per heavy atom. The molecule has 8 heteroatoms. The number of rotatable bonds is 4. The van der Waals surface area contributed by atoms with Crippen LogP contribution in [0.1, 0.15) is 38.3 Å². The molecule has 0 radical (unpaired) electrons. The normalized spacial score (nSPS) is 11.0. The van der Waals surface area contributed by atoms with E-state index in [1.54, 1.807) is 10.7 Å². The summed E-state index contributed by atoms with van der Waals surface area (Å²) in [5.41, 5.74) is 7.47. The van der Waals surface area contributed by atoms with Gasteiger partial charge < -0.3 is 0 Å². The Labute approximate surface area is 179 Å². The number of benzene rings is 2. The molecule has 152 valence electrons. The van der Waals surface area contributed by atoms with Gasteiger partial charge in [0.2, 0.25) is 5.13 Å². The highest BCUT2D eigenvalue weighted by Gasteiger charge is 2.18. The fourth-order valence-corrected chi connectivity index (χ4v) is 3.70. The molecule has 2 heterocycles. The minimum absolute atomic E-state index is 0.212. The Morgan fingerprint density at radius 3 is 2.50 bits per heavy atom. The van der Waals surface area contributed by atoms with Crippen LogP contribution < -0.4 is 5.32 Å². The van der Waals surface area contributed by atoms with Gasteiger partial charge in [-0.1, -0.05) is 23.4 Å². The summed E-state index contributed by atoms with van der Waals surface area (Å²) in [5.74, 6) is 0.237. The van der Waals surface area contributed by atoms with Crippen molar-refractivity contribution >= 4 is 22.6 Å². The Balaban J connectivity index is 1.59. The lowest BCUT2D eigenvalue weighted by Gasteiger charge is -2.08. The van der Waals surface area contributed by atoms with Gasteiger partial charge >= 0.3 is 0 Å². The maximum absolute atomic E-state index is 12.5. The predicted octanol–water partition coefficient (Wildman–Crippen LogP) is 4.58. The lowest BCUT2D eigenvalue weighted by atomic mass is 10.1. The average Bonchev–Trinajstić information content (AvgIpc) is 3.32. The van der Waals surface area contributed by atoms with Crippen LogP contribution in [0.3, 0.4) is 0 Å². The largest absolute Gasteiger partial charge is 0.297 e. The Hall–Kier alpha value is -3.39. The summed E-state index contributed by atoms with van der Waals surface area (Å²) in [7, 11) is 0. The maximum Gasteiger partial charge on any atom is 0.257 e. The second kappa shape index (κ2) is 7.79. The number of aromatic nitrogens is 5. The van der Waals surface area contributed by atoms with Crippen molar-refractivity contribution in [3.8, 4) is 17.2 Å². The zero-order valence-corrected chi connectivity index (χ0v) is 18.3. The van der Waals surface area contributed by atoms with E-state index in [0.717, 1.165) is 45.2 Å². The van der Waals surface area contributed by atoms with Crippen LogP contribution >= 0.6 is 11.5 Å². The molecule has 0 saturated carbocycles. The second-order valence-corrected chi connectivity index (χ2v) is 8.15. The van der Waals surface area contributed by atoms with Gasteiger partial charge in [-0.15, -0.1) is 5.10 Å². The van der Waals surface area contributed by atoms with Gasteiger partial charge in [0, 0.05) is 17.1 Å². The lowest BCUT2D eigenvalue weighted by molar-refractivity contribution is 0.102. The molecule has 1 amide bonds. The van der Waals surface area contributed by atoms with Crippen molar-refractivity contribution < 1.29 is 4.79 Å². The molecule has 4 rings (SSSR count). The Morgan fingerprint density at radius 2 is 1.73 bits per heavy atom. The molecular weight excluding hydrogens is 396 g/mol. The zero-order valence-electron chi connectivity index (χ0n) is 17.5. The van der Waals surface area contributed by atoms with Crippen molar-refractivity contribution in [2.45, 2.75) is 34.6 Å². The standard InChI is InChI=1S/C22H22N6OS/c1-12-6-7-14(3)18(10-12)28-16(5)19(25-27-28)20-23-22(30-26-20)24-21(29)17-9-8-13(2)15(4)11-17/h6-11H,1-5H3,(H,23,24,26,29). The molecule has 0 fully saturated rings. The van der Waals surface area contributed by atoms with Crippen LogP contribution in [0.4, 0.5) is 5.13 Å². The summed E-state index contributed by atoms with van der Waals surface area (Å²) < 4.78 is 6.17. The number of amides is 1. The van der Waals surface area contributed by atoms with E-state index >= 15 is 0 Å². The maximum atomic E-state index is 12.5. The first-order valence-electron chi connectivity index (χ1n) is 9.56. The predicted molar refractivity (Wildman–Crippen MR) is 118 cm³/mol. The van der Waals surface area contributed by atoms with E-state index in [4.69, 9.17) is 0 Å². The summed E-state index contributed by atoms with van der Waals surface area (Å²) in [6.07, 6.45) is 0. The Bertz CT molecular complexity index is 1260. The van der Waals surface area contributed by atoms with Crippen LogP contribution in [0, 0.1) is 34.6 Å². The molecule has 0 aliphatic heterocycles. The molecule has 1 N–H and O–H groups in total. The molecular formula is C22H22N6OS. The van der Waals surface area contributed by atoms with Gasteiger partial charge in [-0.3, -0.25) is 10.1 Å². The first kappa shape index (κ1) is 19.9. The number of hydrogen-bond donors (Lipinski definition) is 1. The van der Waals surface area contributed by atoms with Crippen LogP contribution in [0.2, 0.25) is 0 Å². The molecule has 0 atom stereocenters. The topological polar surface area (TPSA) is 85.6 Å². The van der Waals surface area contributed by atoms with Crippen molar-refractivity contribution in [1.82, 2.24) is 24.4 Å². The van der Waals surface area contributed by atoms with Crippen molar-refractivity contribution in [3.63, 3.8) is 0 Å². The fraction of sp³-hybridized carbons (Fsp3) is 0.227. The van der Waals surface area contributed by atoms with Crippen LogP contribution in [0.25, 0.3) is 17.2 Å². The van der Waals surface area contributed by atoms with Gasteiger partial charge in [-0.2, -0.15) is 9.36 Å². The molecule has 30 heavy (non-hydrogen) atoms. The van der Waals surface area contributed by atoms with E-state index in [-0.39, 0.29) is 5.91 Å². The number of carbonyl (C=O) groups is 1. The van der Waals surface area contributed by atoms with Gasteiger partial charge in [0.1, 0.15) is 0 Å². The molecule has 4 aromatic rings. The summed E-state index contributed by atoms with van der Waals surface area (Å²) in [6, 6.07) is 11.8. The highest BCUT2D eigenvalue weighted by atomic mass is 32.1. The van der Waals surface area contributed by atoms with Gasteiger partial charge in [-0.25, -0.2) is 4.68 Å². The first-order valence-corrected chi connectivity index (χ1v) is 10.3. The van der Waals surface area contributed by atoms with E-state index in [0.29, 0.717) is 22.2 Å². The van der Waals surface area contributed by atoms with Crippen molar-refractivity contribution in [2.75, 3.05) is 5.32 Å². The molecule has 0 aliphatic carbocycles. The zero-order chi connectivity index (χ0) is 21.4. The Kier molecular flexibility index (Phi) is 5.17. The van der Waals surface area contributed by atoms with E-state index < -0.39 is 0 Å². The van der Waals surface area contributed by atoms with Crippen LogP contribution in [-0.2, 0) is 0 Å². The third-order valence-corrected chi connectivity index (χ3v) is 5.75. The minimum Gasteiger partial charge on any atom is -0.297 e. The SMILES string of the molecule is Cc1ccc(C)c(-n2nnc(-c3nsc(NC(=O)c4ccc(C)c(C)c4)n3)c2C)c1. The number of carbonyl (C=O) groups excluding carboxylic acids is 1. The van der Waals surface area contributed by atoms with Gasteiger partial charge in [0.25, 0.3) is 5.91 Å². The van der Waals surface area contributed by atoms with Crippen molar-refractivity contribution in [2.24, 2.45) is 0 Å². The van der Waals surface area contributed by atoms with E-state index in [9.17, 15) is 4.79 Å². The molecule has 2 aromatic carbocycles. The van der Waals surface area contributed by atoms with Gasteiger partial charge in [0.05, 0.1) is 11.4 Å².